The number of hydrogen-bond acceptors (Lipinski definition) is 5. The summed E-state index contributed by atoms with van der Waals surface area (Å²) in [6, 6.07) is 13.5. The standard InChI is InChI=1S/C20H18N2O4/c1-3-17-13(2)19(16-9-4-5-10-18(16)21-17)20(23)26-12-14-7-6-8-15(11-14)22(24)25/h4-11H,3,12H2,1-2H3. The number of fused-ring (bicyclic) bond motifs is 1. The lowest BCUT2D eigenvalue weighted by atomic mass is 10.0. The number of carbonyl (C=O) groups is 1. The number of rotatable bonds is 5. The van der Waals surface area contributed by atoms with Gasteiger partial charge < -0.3 is 4.74 Å². The van der Waals surface area contributed by atoms with Crippen molar-refractivity contribution >= 4 is 22.6 Å². The van der Waals surface area contributed by atoms with Crippen LogP contribution in [0.3, 0.4) is 0 Å². The normalized spacial score (nSPS) is 10.7. The van der Waals surface area contributed by atoms with Gasteiger partial charge in [0.05, 0.1) is 16.0 Å². The van der Waals surface area contributed by atoms with Crippen LogP contribution in [0.4, 0.5) is 5.69 Å². The highest BCUT2D eigenvalue weighted by atomic mass is 16.6. The topological polar surface area (TPSA) is 82.3 Å². The van der Waals surface area contributed by atoms with Crippen molar-refractivity contribution in [1.29, 1.82) is 0 Å². The number of aromatic nitrogens is 1. The maximum absolute atomic E-state index is 12.8. The molecule has 132 valence electrons. The Morgan fingerprint density at radius 2 is 1.96 bits per heavy atom. The minimum atomic E-state index is -0.473. The molecule has 6 nitrogen and oxygen atoms in total. The summed E-state index contributed by atoms with van der Waals surface area (Å²) in [5, 5.41) is 11.6. The van der Waals surface area contributed by atoms with Gasteiger partial charge in [-0.15, -0.1) is 0 Å². The SMILES string of the molecule is CCc1nc2ccccc2c(C(=O)OCc2cccc([N+](=O)[O-])c2)c1C. The van der Waals surface area contributed by atoms with Gasteiger partial charge in [-0.1, -0.05) is 37.3 Å². The number of nitro benzene ring substituents is 1. The van der Waals surface area contributed by atoms with Crippen LogP contribution in [0.15, 0.2) is 48.5 Å². The van der Waals surface area contributed by atoms with E-state index in [-0.39, 0.29) is 12.3 Å². The molecule has 0 aliphatic carbocycles. The first-order chi connectivity index (χ1) is 12.5. The van der Waals surface area contributed by atoms with Gasteiger partial charge in [-0.2, -0.15) is 0 Å². The predicted octanol–water partition coefficient (Wildman–Crippen LogP) is 4.37. The zero-order chi connectivity index (χ0) is 18.7. The van der Waals surface area contributed by atoms with Gasteiger partial charge >= 0.3 is 5.97 Å². The Bertz CT molecular complexity index is 998. The quantitative estimate of drug-likeness (QED) is 0.388. The van der Waals surface area contributed by atoms with E-state index >= 15 is 0 Å². The van der Waals surface area contributed by atoms with Crippen LogP contribution >= 0.6 is 0 Å². The van der Waals surface area contributed by atoms with E-state index in [0.717, 1.165) is 22.2 Å². The zero-order valence-electron chi connectivity index (χ0n) is 14.6. The van der Waals surface area contributed by atoms with Gasteiger partial charge in [-0.25, -0.2) is 4.79 Å². The Morgan fingerprint density at radius 1 is 1.19 bits per heavy atom. The second-order valence-electron chi connectivity index (χ2n) is 5.93. The Balaban J connectivity index is 1.92. The summed E-state index contributed by atoms with van der Waals surface area (Å²) in [5.74, 6) is -0.456. The number of hydrogen-bond donors (Lipinski definition) is 0. The lowest BCUT2D eigenvalue weighted by Crippen LogP contribution is -2.11. The molecule has 6 heteroatoms. The van der Waals surface area contributed by atoms with E-state index in [9.17, 15) is 14.9 Å². The number of ether oxygens (including phenoxy) is 1. The summed E-state index contributed by atoms with van der Waals surface area (Å²) in [6.45, 7) is 3.82. The average molecular weight is 350 g/mol. The van der Waals surface area contributed by atoms with E-state index in [1.807, 2.05) is 38.1 Å². The summed E-state index contributed by atoms with van der Waals surface area (Å²) < 4.78 is 5.45. The minimum Gasteiger partial charge on any atom is -0.457 e. The molecule has 0 aliphatic rings. The molecule has 0 atom stereocenters. The number of benzene rings is 2. The molecule has 2 aromatic carbocycles. The van der Waals surface area contributed by atoms with Crippen LogP contribution in [-0.2, 0) is 17.8 Å². The van der Waals surface area contributed by atoms with Crippen LogP contribution in [0.2, 0.25) is 0 Å². The smallest absolute Gasteiger partial charge is 0.339 e. The highest BCUT2D eigenvalue weighted by molar-refractivity contribution is 6.05. The van der Waals surface area contributed by atoms with E-state index in [1.54, 1.807) is 12.1 Å². The van der Waals surface area contributed by atoms with Gasteiger partial charge in [0, 0.05) is 23.2 Å². The van der Waals surface area contributed by atoms with Crippen LogP contribution in [-0.4, -0.2) is 15.9 Å². The minimum absolute atomic E-state index is 0.0297. The molecule has 1 heterocycles. The van der Waals surface area contributed by atoms with Crippen molar-refractivity contribution in [3.8, 4) is 0 Å². The number of pyridine rings is 1. The first kappa shape index (κ1) is 17.5. The highest BCUT2D eigenvalue weighted by Crippen LogP contribution is 2.25. The van der Waals surface area contributed by atoms with Crippen LogP contribution in [0.1, 0.15) is 34.1 Å². The first-order valence-corrected chi connectivity index (χ1v) is 8.30. The summed E-state index contributed by atoms with van der Waals surface area (Å²) >= 11 is 0. The summed E-state index contributed by atoms with van der Waals surface area (Å²) in [5.41, 5.74) is 3.44. The van der Waals surface area contributed by atoms with Crippen LogP contribution in [0, 0.1) is 17.0 Å². The van der Waals surface area contributed by atoms with Crippen LogP contribution in [0.25, 0.3) is 10.9 Å². The van der Waals surface area contributed by atoms with Crippen molar-refractivity contribution in [1.82, 2.24) is 4.98 Å². The monoisotopic (exact) mass is 350 g/mol. The Hall–Kier alpha value is -3.28. The van der Waals surface area contributed by atoms with Crippen molar-refractivity contribution in [2.75, 3.05) is 0 Å². The maximum atomic E-state index is 12.8. The van der Waals surface area contributed by atoms with Crippen molar-refractivity contribution in [2.45, 2.75) is 26.9 Å². The molecule has 0 unspecified atom stereocenters. The number of esters is 1. The second-order valence-corrected chi connectivity index (χ2v) is 5.93. The third-order valence-corrected chi connectivity index (χ3v) is 4.27. The number of aryl methyl sites for hydroxylation is 1. The number of nitro groups is 1. The molecule has 3 aromatic rings. The van der Waals surface area contributed by atoms with Gasteiger partial charge in [0.15, 0.2) is 0 Å². The fraction of sp³-hybridized carbons (Fsp3) is 0.200. The van der Waals surface area contributed by atoms with E-state index in [4.69, 9.17) is 4.74 Å². The zero-order valence-corrected chi connectivity index (χ0v) is 14.6. The number of non-ortho nitro benzene ring substituents is 1. The van der Waals surface area contributed by atoms with Gasteiger partial charge in [0.1, 0.15) is 6.61 Å². The fourth-order valence-electron chi connectivity index (χ4n) is 2.95. The molecular formula is C20H18N2O4. The van der Waals surface area contributed by atoms with Crippen molar-refractivity contribution in [3.05, 3.63) is 81.0 Å². The molecule has 0 bridgehead atoms. The van der Waals surface area contributed by atoms with Crippen molar-refractivity contribution in [3.63, 3.8) is 0 Å². The Labute approximate surface area is 150 Å². The third-order valence-electron chi connectivity index (χ3n) is 4.27. The molecule has 0 aliphatic heterocycles. The summed E-state index contributed by atoms with van der Waals surface area (Å²) in [7, 11) is 0. The fourth-order valence-corrected chi connectivity index (χ4v) is 2.95. The van der Waals surface area contributed by atoms with Gasteiger partial charge in [-0.05, 0) is 30.5 Å². The van der Waals surface area contributed by atoms with Gasteiger partial charge in [-0.3, -0.25) is 15.1 Å². The molecule has 26 heavy (non-hydrogen) atoms. The molecule has 1 aromatic heterocycles. The third kappa shape index (κ3) is 3.39. The van der Waals surface area contributed by atoms with E-state index in [1.165, 1.54) is 12.1 Å². The number of carbonyl (C=O) groups excluding carboxylic acids is 1. The van der Waals surface area contributed by atoms with Crippen LogP contribution in [0.5, 0.6) is 0 Å². The van der Waals surface area contributed by atoms with E-state index in [2.05, 4.69) is 4.98 Å². The summed E-state index contributed by atoms with van der Waals surface area (Å²) in [6.07, 6.45) is 0.710. The molecule has 0 amide bonds. The second kappa shape index (κ2) is 7.31. The molecular weight excluding hydrogens is 332 g/mol. The predicted molar refractivity (Wildman–Crippen MR) is 98.1 cm³/mol. The summed E-state index contributed by atoms with van der Waals surface area (Å²) in [4.78, 5) is 27.8. The molecule has 0 saturated carbocycles. The van der Waals surface area contributed by atoms with Gasteiger partial charge in [0.25, 0.3) is 5.69 Å². The van der Waals surface area contributed by atoms with Crippen LogP contribution < -0.4 is 0 Å². The van der Waals surface area contributed by atoms with Crippen molar-refractivity contribution < 1.29 is 14.5 Å². The Morgan fingerprint density at radius 3 is 2.69 bits per heavy atom. The molecule has 0 fully saturated rings. The Kier molecular flexibility index (Phi) is 4.93. The lowest BCUT2D eigenvalue weighted by molar-refractivity contribution is -0.384. The average Bonchev–Trinajstić information content (AvgIpc) is 2.65. The molecule has 0 saturated heterocycles. The number of para-hydroxylation sites is 1. The van der Waals surface area contributed by atoms with E-state index < -0.39 is 10.9 Å². The molecule has 0 radical (unpaired) electrons. The molecule has 0 N–H and O–H groups in total. The maximum Gasteiger partial charge on any atom is 0.339 e. The van der Waals surface area contributed by atoms with Gasteiger partial charge in [0.2, 0.25) is 0 Å². The highest BCUT2D eigenvalue weighted by Gasteiger charge is 2.19. The molecule has 0 spiro atoms. The largest absolute Gasteiger partial charge is 0.457 e. The van der Waals surface area contributed by atoms with Crippen molar-refractivity contribution in [2.24, 2.45) is 0 Å². The number of nitrogens with zero attached hydrogens (tertiary/aromatic N) is 2. The molecule has 3 rings (SSSR count). The van der Waals surface area contributed by atoms with E-state index in [0.29, 0.717) is 17.5 Å². The first-order valence-electron chi connectivity index (χ1n) is 8.30. The lowest BCUT2D eigenvalue weighted by Gasteiger charge is -2.13.